The van der Waals surface area contributed by atoms with Gasteiger partial charge in [0.25, 0.3) is 0 Å². The lowest BCUT2D eigenvalue weighted by atomic mass is 10.3. The van der Waals surface area contributed by atoms with Gasteiger partial charge in [-0.15, -0.1) is 0 Å². The molecule has 0 aliphatic rings. The van der Waals surface area contributed by atoms with Crippen LogP contribution in [-0.2, 0) is 4.74 Å². The Morgan fingerprint density at radius 2 is 1.89 bits per heavy atom. The lowest BCUT2D eigenvalue weighted by Crippen LogP contribution is -2.13. The predicted molar refractivity (Wildman–Crippen MR) is 71.5 cm³/mol. The summed E-state index contributed by atoms with van der Waals surface area (Å²) < 4.78 is 10.4. The molecule has 1 aromatic heterocycles. The van der Waals surface area contributed by atoms with Crippen molar-refractivity contribution in [1.29, 1.82) is 0 Å². The van der Waals surface area contributed by atoms with Crippen molar-refractivity contribution in [2.45, 2.75) is 0 Å². The normalized spacial score (nSPS) is 9.95. The van der Waals surface area contributed by atoms with Crippen LogP contribution in [0, 0.1) is 0 Å². The number of para-hydroxylation sites is 1. The molecule has 0 atom stereocenters. The third-order valence-corrected chi connectivity index (χ3v) is 2.61. The van der Waals surface area contributed by atoms with E-state index in [4.69, 9.17) is 21.1 Å². The minimum Gasteiger partial charge on any atom is -0.490 e. The van der Waals surface area contributed by atoms with Gasteiger partial charge in [0, 0.05) is 6.20 Å². The second-order valence-electron chi connectivity index (χ2n) is 3.64. The first-order chi connectivity index (χ1) is 9.27. The molecule has 5 heteroatoms. The monoisotopic (exact) mass is 277 g/mol. The van der Waals surface area contributed by atoms with Crippen molar-refractivity contribution in [2.24, 2.45) is 0 Å². The number of pyridine rings is 1. The maximum atomic E-state index is 11.7. The largest absolute Gasteiger partial charge is 0.490 e. The average molecular weight is 278 g/mol. The summed E-state index contributed by atoms with van der Waals surface area (Å²) in [6, 6.07) is 12.5. The highest BCUT2D eigenvalue weighted by molar-refractivity contribution is 6.32. The van der Waals surface area contributed by atoms with E-state index < -0.39 is 5.97 Å². The molecule has 0 bridgehead atoms. The molecule has 0 spiro atoms. The van der Waals surface area contributed by atoms with E-state index in [-0.39, 0.29) is 23.9 Å². The molecule has 2 rings (SSSR count). The number of nitrogens with zero attached hydrogens (tertiary/aromatic N) is 1. The van der Waals surface area contributed by atoms with Crippen LogP contribution in [0.5, 0.6) is 5.75 Å². The third kappa shape index (κ3) is 3.96. The zero-order valence-corrected chi connectivity index (χ0v) is 10.8. The van der Waals surface area contributed by atoms with Crippen LogP contribution < -0.4 is 4.74 Å². The van der Waals surface area contributed by atoms with Crippen molar-refractivity contribution in [3.05, 3.63) is 59.4 Å². The van der Waals surface area contributed by atoms with E-state index in [1.165, 1.54) is 6.20 Å². The summed E-state index contributed by atoms with van der Waals surface area (Å²) in [6.07, 6.45) is 1.51. The van der Waals surface area contributed by atoms with Crippen molar-refractivity contribution < 1.29 is 14.3 Å². The molecule has 2 aromatic rings. The van der Waals surface area contributed by atoms with Crippen LogP contribution in [0.1, 0.15) is 10.4 Å². The summed E-state index contributed by atoms with van der Waals surface area (Å²) in [5.41, 5.74) is 0.254. The van der Waals surface area contributed by atoms with Crippen LogP contribution in [0.3, 0.4) is 0 Å². The summed E-state index contributed by atoms with van der Waals surface area (Å²) in [5, 5.41) is 0.136. The fraction of sp³-hybridized carbons (Fsp3) is 0.143. The SMILES string of the molecule is O=C(OCCOc1ccccc1)c1cccnc1Cl. The van der Waals surface area contributed by atoms with Gasteiger partial charge in [-0.2, -0.15) is 0 Å². The van der Waals surface area contributed by atoms with Gasteiger partial charge in [-0.3, -0.25) is 0 Å². The lowest BCUT2D eigenvalue weighted by Gasteiger charge is -2.07. The van der Waals surface area contributed by atoms with E-state index in [0.717, 1.165) is 5.75 Å². The van der Waals surface area contributed by atoms with Crippen molar-refractivity contribution >= 4 is 17.6 Å². The number of halogens is 1. The molecule has 1 heterocycles. The molecule has 0 aliphatic carbocycles. The number of ether oxygens (including phenoxy) is 2. The molecule has 0 unspecified atom stereocenters. The average Bonchev–Trinajstić information content (AvgIpc) is 2.45. The van der Waals surface area contributed by atoms with Crippen molar-refractivity contribution in [3.63, 3.8) is 0 Å². The Morgan fingerprint density at radius 1 is 1.11 bits per heavy atom. The Morgan fingerprint density at radius 3 is 2.63 bits per heavy atom. The fourth-order valence-electron chi connectivity index (χ4n) is 1.43. The Hall–Kier alpha value is -2.07. The fourth-order valence-corrected chi connectivity index (χ4v) is 1.62. The number of hydrogen-bond acceptors (Lipinski definition) is 4. The molecule has 0 amide bonds. The van der Waals surface area contributed by atoms with Gasteiger partial charge in [0.05, 0.1) is 5.56 Å². The van der Waals surface area contributed by atoms with Gasteiger partial charge < -0.3 is 9.47 Å². The van der Waals surface area contributed by atoms with Gasteiger partial charge in [0.1, 0.15) is 24.1 Å². The third-order valence-electron chi connectivity index (χ3n) is 2.31. The molecule has 19 heavy (non-hydrogen) atoms. The Labute approximate surface area is 115 Å². The molecule has 1 aromatic carbocycles. The molecule has 0 radical (unpaired) electrons. The topological polar surface area (TPSA) is 48.4 Å². The van der Waals surface area contributed by atoms with E-state index in [2.05, 4.69) is 4.98 Å². The first-order valence-electron chi connectivity index (χ1n) is 5.73. The second kappa shape index (κ2) is 6.75. The lowest BCUT2D eigenvalue weighted by molar-refractivity contribution is 0.0450. The number of carbonyl (C=O) groups is 1. The van der Waals surface area contributed by atoms with Crippen molar-refractivity contribution in [2.75, 3.05) is 13.2 Å². The quantitative estimate of drug-likeness (QED) is 0.479. The first-order valence-corrected chi connectivity index (χ1v) is 6.10. The highest BCUT2D eigenvalue weighted by Crippen LogP contribution is 2.13. The van der Waals surface area contributed by atoms with E-state index in [0.29, 0.717) is 0 Å². The van der Waals surface area contributed by atoms with Gasteiger partial charge in [0.2, 0.25) is 0 Å². The number of esters is 1. The summed E-state index contributed by atoms with van der Waals surface area (Å²) in [5.74, 6) is 0.229. The standard InChI is InChI=1S/C14H12ClNO3/c15-13-12(7-4-8-16-13)14(17)19-10-9-18-11-5-2-1-3-6-11/h1-8H,9-10H2. The second-order valence-corrected chi connectivity index (χ2v) is 4.00. The van der Waals surface area contributed by atoms with Crippen LogP contribution in [0.15, 0.2) is 48.7 Å². The zero-order chi connectivity index (χ0) is 13.5. The number of benzene rings is 1. The zero-order valence-electron chi connectivity index (χ0n) is 10.1. The van der Waals surface area contributed by atoms with Crippen LogP contribution in [0.4, 0.5) is 0 Å². The first kappa shape index (κ1) is 13.4. The molecular weight excluding hydrogens is 266 g/mol. The van der Waals surface area contributed by atoms with Crippen LogP contribution in [-0.4, -0.2) is 24.2 Å². The number of aromatic nitrogens is 1. The van der Waals surface area contributed by atoms with Gasteiger partial charge in [-0.05, 0) is 24.3 Å². The summed E-state index contributed by atoms with van der Waals surface area (Å²) in [6.45, 7) is 0.437. The van der Waals surface area contributed by atoms with Crippen LogP contribution >= 0.6 is 11.6 Å². The van der Waals surface area contributed by atoms with Gasteiger partial charge in [0.15, 0.2) is 0 Å². The molecule has 0 saturated carbocycles. The minimum atomic E-state index is -0.505. The highest BCUT2D eigenvalue weighted by Gasteiger charge is 2.11. The molecule has 0 saturated heterocycles. The molecule has 4 nitrogen and oxygen atoms in total. The number of hydrogen-bond donors (Lipinski definition) is 0. The summed E-state index contributed by atoms with van der Waals surface area (Å²) >= 11 is 5.78. The highest BCUT2D eigenvalue weighted by atomic mass is 35.5. The van der Waals surface area contributed by atoms with Gasteiger partial charge in [-0.25, -0.2) is 9.78 Å². The number of carbonyl (C=O) groups excluding carboxylic acids is 1. The predicted octanol–water partition coefficient (Wildman–Crippen LogP) is 2.97. The molecule has 98 valence electrons. The smallest absolute Gasteiger partial charge is 0.341 e. The molecular formula is C14H12ClNO3. The van der Waals surface area contributed by atoms with Gasteiger partial charge >= 0.3 is 5.97 Å². The van der Waals surface area contributed by atoms with E-state index in [1.807, 2.05) is 30.3 Å². The summed E-state index contributed by atoms with van der Waals surface area (Å²) in [4.78, 5) is 15.5. The van der Waals surface area contributed by atoms with Gasteiger partial charge in [-0.1, -0.05) is 29.8 Å². The Bertz CT molecular complexity index is 545. The Balaban J connectivity index is 1.77. The van der Waals surface area contributed by atoms with Crippen molar-refractivity contribution in [3.8, 4) is 5.75 Å². The molecule has 0 N–H and O–H groups in total. The minimum absolute atomic E-state index is 0.136. The van der Waals surface area contributed by atoms with E-state index in [9.17, 15) is 4.79 Å². The van der Waals surface area contributed by atoms with Crippen LogP contribution in [0.25, 0.3) is 0 Å². The molecule has 0 fully saturated rings. The van der Waals surface area contributed by atoms with E-state index in [1.54, 1.807) is 12.1 Å². The maximum Gasteiger partial charge on any atom is 0.341 e. The number of rotatable bonds is 5. The van der Waals surface area contributed by atoms with Crippen LogP contribution in [0.2, 0.25) is 5.15 Å². The Kier molecular flexibility index (Phi) is 4.75. The summed E-state index contributed by atoms with van der Waals surface area (Å²) in [7, 11) is 0. The molecule has 0 aliphatic heterocycles. The van der Waals surface area contributed by atoms with Crippen molar-refractivity contribution in [1.82, 2.24) is 4.98 Å². The van der Waals surface area contributed by atoms with E-state index >= 15 is 0 Å². The maximum absolute atomic E-state index is 11.7.